The number of halogens is 1. The fraction of sp³-hybridized carbons (Fsp3) is 0.562. The smallest absolute Gasteiger partial charge is 0.314 e. The molecule has 0 radical (unpaired) electrons. The van der Waals surface area contributed by atoms with Crippen LogP contribution in [0.15, 0.2) is 10.5 Å². The molecule has 116 valence electrons. The van der Waals surface area contributed by atoms with Gasteiger partial charge in [0.05, 0.1) is 17.0 Å². The number of nitrogens with zero attached hydrogens (tertiary/aromatic N) is 1. The number of likely N-dealkylation sites (tertiary alicyclic amines) is 1. The van der Waals surface area contributed by atoms with E-state index in [0.717, 1.165) is 34.3 Å². The minimum atomic E-state index is -0.862. The molecule has 0 aromatic heterocycles. The molecule has 1 N–H and O–H groups in total. The molecule has 1 aromatic rings. The summed E-state index contributed by atoms with van der Waals surface area (Å²) >= 11 is 3.57. The van der Waals surface area contributed by atoms with Crippen LogP contribution in [-0.4, -0.2) is 43.2 Å². The number of ether oxygens (including phenoxy) is 1. The van der Waals surface area contributed by atoms with Crippen molar-refractivity contribution in [2.75, 3.05) is 27.2 Å². The van der Waals surface area contributed by atoms with Gasteiger partial charge in [0.1, 0.15) is 5.75 Å². The maximum atomic E-state index is 12.1. The van der Waals surface area contributed by atoms with E-state index in [-0.39, 0.29) is 0 Å². The largest absolute Gasteiger partial charge is 0.495 e. The first-order valence-corrected chi connectivity index (χ1v) is 7.89. The summed E-state index contributed by atoms with van der Waals surface area (Å²) in [5, 5.41) is 9.91. The Labute approximate surface area is 134 Å². The van der Waals surface area contributed by atoms with Crippen molar-refractivity contribution in [2.24, 2.45) is 0 Å². The van der Waals surface area contributed by atoms with Gasteiger partial charge in [-0.25, -0.2) is 0 Å². The van der Waals surface area contributed by atoms with Gasteiger partial charge in [-0.3, -0.25) is 4.79 Å². The van der Waals surface area contributed by atoms with Gasteiger partial charge >= 0.3 is 5.97 Å². The first kappa shape index (κ1) is 16.3. The van der Waals surface area contributed by atoms with Crippen LogP contribution in [0.1, 0.15) is 29.5 Å². The third kappa shape index (κ3) is 2.69. The van der Waals surface area contributed by atoms with Crippen molar-refractivity contribution in [1.29, 1.82) is 0 Å². The highest BCUT2D eigenvalue weighted by Crippen LogP contribution is 2.45. The maximum absolute atomic E-state index is 12.1. The third-order valence-corrected chi connectivity index (χ3v) is 5.65. The molecule has 1 aliphatic rings. The standard InChI is InChI=1S/C16H22BrNO3/c1-10-9-12(14(21-4)13(17)11(10)2)16(15(19)20)5-7-18(3)8-6-16/h9H,5-8H2,1-4H3,(H,19,20). The molecule has 1 heterocycles. The van der Waals surface area contributed by atoms with Gasteiger partial charge in [-0.1, -0.05) is 6.07 Å². The number of methoxy groups -OCH3 is 1. The lowest BCUT2D eigenvalue weighted by Crippen LogP contribution is -2.46. The Bertz CT molecular complexity index is 563. The number of hydrogen-bond acceptors (Lipinski definition) is 3. The van der Waals surface area contributed by atoms with Gasteiger partial charge in [0.2, 0.25) is 0 Å². The summed E-state index contributed by atoms with van der Waals surface area (Å²) in [5.41, 5.74) is 2.10. The number of carboxylic acids is 1. The lowest BCUT2D eigenvalue weighted by molar-refractivity contribution is -0.145. The normalized spacial score (nSPS) is 18.5. The number of hydrogen-bond donors (Lipinski definition) is 1. The van der Waals surface area contributed by atoms with Crippen LogP contribution in [0.25, 0.3) is 0 Å². The topological polar surface area (TPSA) is 49.8 Å². The first-order valence-electron chi connectivity index (χ1n) is 7.09. The molecule has 21 heavy (non-hydrogen) atoms. The quantitative estimate of drug-likeness (QED) is 0.904. The second-order valence-electron chi connectivity index (χ2n) is 5.90. The van der Waals surface area contributed by atoms with Crippen LogP contribution < -0.4 is 4.74 Å². The molecule has 0 aliphatic carbocycles. The van der Waals surface area contributed by atoms with E-state index in [1.165, 1.54) is 0 Å². The first-order chi connectivity index (χ1) is 9.83. The van der Waals surface area contributed by atoms with Crippen molar-refractivity contribution in [3.63, 3.8) is 0 Å². The molecule has 0 saturated carbocycles. The minimum absolute atomic E-state index is 0.601. The SMILES string of the molecule is COc1c(C2(C(=O)O)CCN(C)CC2)cc(C)c(C)c1Br. The van der Waals surface area contributed by atoms with E-state index in [1.807, 2.05) is 27.0 Å². The highest BCUT2D eigenvalue weighted by molar-refractivity contribution is 9.10. The Morgan fingerprint density at radius 1 is 1.38 bits per heavy atom. The molecule has 5 heteroatoms. The van der Waals surface area contributed by atoms with Crippen LogP contribution >= 0.6 is 15.9 Å². The molecule has 1 aromatic carbocycles. The number of rotatable bonds is 3. The minimum Gasteiger partial charge on any atom is -0.495 e. The fourth-order valence-corrected chi connectivity index (χ4v) is 3.69. The number of piperidine rings is 1. The Kier molecular flexibility index (Phi) is 4.63. The molecule has 0 bridgehead atoms. The third-order valence-electron chi connectivity index (χ3n) is 4.70. The second-order valence-corrected chi connectivity index (χ2v) is 6.70. The van der Waals surface area contributed by atoms with E-state index in [1.54, 1.807) is 7.11 Å². The average molecular weight is 356 g/mol. The van der Waals surface area contributed by atoms with Crippen LogP contribution in [0.3, 0.4) is 0 Å². The van der Waals surface area contributed by atoms with Crippen molar-refractivity contribution < 1.29 is 14.6 Å². The summed E-state index contributed by atoms with van der Waals surface area (Å²) in [7, 11) is 3.63. The van der Waals surface area contributed by atoms with Crippen molar-refractivity contribution in [2.45, 2.75) is 32.1 Å². The summed E-state index contributed by atoms with van der Waals surface area (Å²) in [6.07, 6.45) is 1.20. The van der Waals surface area contributed by atoms with Crippen LogP contribution in [0.5, 0.6) is 5.75 Å². The predicted molar refractivity (Wildman–Crippen MR) is 86.2 cm³/mol. The van der Waals surface area contributed by atoms with Gasteiger partial charge in [-0.15, -0.1) is 0 Å². The van der Waals surface area contributed by atoms with Crippen molar-refractivity contribution in [1.82, 2.24) is 4.90 Å². The van der Waals surface area contributed by atoms with Gasteiger partial charge < -0.3 is 14.7 Å². The van der Waals surface area contributed by atoms with Crippen LogP contribution in [-0.2, 0) is 10.2 Å². The van der Waals surface area contributed by atoms with Gasteiger partial charge in [0.25, 0.3) is 0 Å². The zero-order valence-corrected chi connectivity index (χ0v) is 14.6. The Morgan fingerprint density at radius 2 is 1.95 bits per heavy atom. The summed E-state index contributed by atoms with van der Waals surface area (Å²) in [4.78, 5) is 14.2. The zero-order valence-electron chi connectivity index (χ0n) is 13.0. The summed E-state index contributed by atoms with van der Waals surface area (Å²) in [6, 6.07) is 1.98. The molecule has 0 unspecified atom stereocenters. The van der Waals surface area contributed by atoms with E-state index in [0.29, 0.717) is 18.6 Å². The molecular formula is C16H22BrNO3. The van der Waals surface area contributed by atoms with Gasteiger partial charge in [-0.2, -0.15) is 0 Å². The van der Waals surface area contributed by atoms with Crippen molar-refractivity contribution >= 4 is 21.9 Å². The lowest BCUT2D eigenvalue weighted by Gasteiger charge is -2.38. The molecule has 1 fully saturated rings. The number of benzene rings is 1. The maximum Gasteiger partial charge on any atom is 0.314 e. The van der Waals surface area contributed by atoms with Crippen molar-refractivity contribution in [3.05, 3.63) is 27.2 Å². The molecular weight excluding hydrogens is 334 g/mol. The van der Waals surface area contributed by atoms with E-state index < -0.39 is 11.4 Å². The van der Waals surface area contributed by atoms with E-state index in [2.05, 4.69) is 20.8 Å². The molecule has 0 amide bonds. The van der Waals surface area contributed by atoms with E-state index in [9.17, 15) is 9.90 Å². The molecule has 0 atom stereocenters. The molecule has 1 saturated heterocycles. The number of aliphatic carboxylic acids is 1. The molecule has 2 rings (SSSR count). The second kappa shape index (κ2) is 5.97. The Hall–Kier alpha value is -1.07. The van der Waals surface area contributed by atoms with E-state index in [4.69, 9.17) is 4.74 Å². The van der Waals surface area contributed by atoms with Crippen molar-refractivity contribution in [3.8, 4) is 5.75 Å². The summed E-state index contributed by atoms with van der Waals surface area (Å²) in [5.74, 6) is -0.103. The van der Waals surface area contributed by atoms with Crippen LogP contribution in [0.4, 0.5) is 0 Å². The highest BCUT2D eigenvalue weighted by Gasteiger charge is 2.45. The van der Waals surface area contributed by atoms with E-state index >= 15 is 0 Å². The molecule has 1 aliphatic heterocycles. The number of carboxylic acid groups (broad SMARTS) is 1. The lowest BCUT2D eigenvalue weighted by atomic mass is 9.72. The fourth-order valence-electron chi connectivity index (χ4n) is 3.01. The van der Waals surface area contributed by atoms with Crippen LogP contribution in [0.2, 0.25) is 0 Å². The van der Waals surface area contributed by atoms with Gasteiger partial charge in [0, 0.05) is 5.56 Å². The summed E-state index contributed by atoms with van der Waals surface area (Å²) in [6.45, 7) is 5.57. The van der Waals surface area contributed by atoms with Crippen LogP contribution in [0, 0.1) is 13.8 Å². The van der Waals surface area contributed by atoms with Gasteiger partial charge in [-0.05, 0) is 73.9 Å². The predicted octanol–water partition coefficient (Wildman–Crippen LogP) is 3.12. The van der Waals surface area contributed by atoms with Gasteiger partial charge in [0.15, 0.2) is 0 Å². The highest BCUT2D eigenvalue weighted by atomic mass is 79.9. The number of carbonyl (C=O) groups is 1. The summed E-state index contributed by atoms with van der Waals surface area (Å²) < 4.78 is 6.40. The molecule has 4 nitrogen and oxygen atoms in total. The average Bonchev–Trinajstić information content (AvgIpc) is 2.45. The monoisotopic (exact) mass is 355 g/mol. The molecule has 0 spiro atoms. The number of aryl methyl sites for hydroxylation is 1. The Morgan fingerprint density at radius 3 is 2.43 bits per heavy atom. The zero-order chi connectivity index (χ0) is 15.8. The Balaban J connectivity index is 2.64.